The standard InChI is InChI=1S/C21H33N3O7/c1-13-11-24(20(28)23-18(13)26)17-10-15(30-14(2)25)16(31-17)12-29-19(27)21(3,4)8-6-5-7-9-22/h11,15-17H,5-10,12,22H2,1-4H3,(H,23,26,28)/t15?,16-,17-/m1/s1. The lowest BCUT2D eigenvalue weighted by Gasteiger charge is -2.24. The van der Waals surface area contributed by atoms with Crippen LogP contribution < -0.4 is 17.0 Å². The third-order valence-electron chi connectivity index (χ3n) is 5.39. The Morgan fingerprint density at radius 1 is 1.29 bits per heavy atom. The Bertz CT molecular complexity index is 890. The van der Waals surface area contributed by atoms with Gasteiger partial charge in [0.25, 0.3) is 5.56 Å². The number of nitrogens with two attached hydrogens (primary N) is 1. The van der Waals surface area contributed by atoms with E-state index in [0.29, 0.717) is 18.5 Å². The van der Waals surface area contributed by atoms with E-state index in [1.807, 2.05) is 13.8 Å². The highest BCUT2D eigenvalue weighted by Crippen LogP contribution is 2.31. The lowest BCUT2D eigenvalue weighted by Crippen LogP contribution is -2.35. The molecule has 0 aliphatic carbocycles. The van der Waals surface area contributed by atoms with Crippen molar-refractivity contribution in [3.05, 3.63) is 32.6 Å². The number of aromatic nitrogens is 2. The van der Waals surface area contributed by atoms with E-state index in [1.54, 1.807) is 6.92 Å². The summed E-state index contributed by atoms with van der Waals surface area (Å²) in [7, 11) is 0. The van der Waals surface area contributed by atoms with Crippen LogP contribution in [0.2, 0.25) is 0 Å². The quantitative estimate of drug-likeness (QED) is 0.408. The van der Waals surface area contributed by atoms with E-state index >= 15 is 0 Å². The Kier molecular flexibility index (Phi) is 8.58. The number of rotatable bonds is 10. The molecule has 0 aromatic carbocycles. The molecule has 31 heavy (non-hydrogen) atoms. The first-order chi connectivity index (χ1) is 14.5. The molecule has 2 heterocycles. The van der Waals surface area contributed by atoms with E-state index < -0.39 is 41.1 Å². The molecular formula is C21H33N3O7. The lowest BCUT2D eigenvalue weighted by molar-refractivity contribution is -0.163. The van der Waals surface area contributed by atoms with E-state index in [-0.39, 0.29) is 19.0 Å². The molecule has 1 fully saturated rings. The summed E-state index contributed by atoms with van der Waals surface area (Å²) >= 11 is 0. The van der Waals surface area contributed by atoms with E-state index in [1.165, 1.54) is 17.7 Å². The summed E-state index contributed by atoms with van der Waals surface area (Å²) in [5.74, 6) is -0.873. The minimum absolute atomic E-state index is 0.114. The van der Waals surface area contributed by atoms with Gasteiger partial charge in [0, 0.05) is 25.1 Å². The number of nitrogens with zero attached hydrogens (tertiary/aromatic N) is 1. The van der Waals surface area contributed by atoms with Gasteiger partial charge in [-0.15, -0.1) is 0 Å². The maximum atomic E-state index is 12.6. The Morgan fingerprint density at radius 2 is 2.00 bits per heavy atom. The number of nitrogens with one attached hydrogen (secondary N) is 1. The van der Waals surface area contributed by atoms with E-state index in [9.17, 15) is 19.2 Å². The Hall–Kier alpha value is -2.46. The van der Waals surface area contributed by atoms with Gasteiger partial charge in [-0.3, -0.25) is 23.9 Å². The molecule has 1 aliphatic heterocycles. The second-order valence-corrected chi connectivity index (χ2v) is 8.57. The topological polar surface area (TPSA) is 143 Å². The van der Waals surface area contributed by atoms with Crippen molar-refractivity contribution in [1.29, 1.82) is 0 Å². The molecule has 1 unspecified atom stereocenters. The van der Waals surface area contributed by atoms with Crippen molar-refractivity contribution in [3.63, 3.8) is 0 Å². The summed E-state index contributed by atoms with van der Waals surface area (Å²) in [5.41, 5.74) is 4.07. The first-order valence-corrected chi connectivity index (χ1v) is 10.6. The molecule has 3 N–H and O–H groups in total. The molecule has 1 aromatic rings. The number of ether oxygens (including phenoxy) is 3. The van der Waals surface area contributed by atoms with Crippen molar-refractivity contribution in [2.24, 2.45) is 11.1 Å². The predicted molar refractivity (Wildman–Crippen MR) is 112 cm³/mol. The van der Waals surface area contributed by atoms with Crippen LogP contribution in [-0.2, 0) is 23.8 Å². The van der Waals surface area contributed by atoms with Gasteiger partial charge in [-0.25, -0.2) is 4.79 Å². The van der Waals surface area contributed by atoms with E-state index in [4.69, 9.17) is 19.9 Å². The second kappa shape index (κ2) is 10.7. The van der Waals surface area contributed by atoms with Crippen LogP contribution in [0.15, 0.2) is 15.8 Å². The fraction of sp³-hybridized carbons (Fsp3) is 0.714. The summed E-state index contributed by atoms with van der Waals surface area (Å²) in [4.78, 5) is 50.1. The molecule has 0 radical (unpaired) electrons. The molecule has 2 rings (SSSR count). The molecule has 10 heteroatoms. The van der Waals surface area contributed by atoms with Gasteiger partial charge in [0.15, 0.2) is 0 Å². The number of aromatic amines is 1. The van der Waals surface area contributed by atoms with Crippen LogP contribution >= 0.6 is 0 Å². The monoisotopic (exact) mass is 439 g/mol. The van der Waals surface area contributed by atoms with Crippen LogP contribution in [-0.4, -0.2) is 46.8 Å². The number of carbonyl (C=O) groups excluding carboxylic acids is 2. The van der Waals surface area contributed by atoms with Crippen LogP contribution in [0.4, 0.5) is 0 Å². The highest BCUT2D eigenvalue weighted by Gasteiger charge is 2.40. The van der Waals surface area contributed by atoms with E-state index in [0.717, 1.165) is 19.3 Å². The fourth-order valence-electron chi connectivity index (χ4n) is 3.50. The van der Waals surface area contributed by atoms with Gasteiger partial charge in [0.2, 0.25) is 0 Å². The maximum absolute atomic E-state index is 12.6. The van der Waals surface area contributed by atoms with Crippen molar-refractivity contribution in [2.75, 3.05) is 13.2 Å². The van der Waals surface area contributed by atoms with Gasteiger partial charge in [-0.2, -0.15) is 0 Å². The molecule has 174 valence electrons. The van der Waals surface area contributed by atoms with Crippen molar-refractivity contribution >= 4 is 11.9 Å². The average molecular weight is 440 g/mol. The molecule has 1 aliphatic rings. The summed E-state index contributed by atoms with van der Waals surface area (Å²) in [6.45, 7) is 7.00. The molecule has 0 bridgehead atoms. The van der Waals surface area contributed by atoms with Gasteiger partial charge in [-0.05, 0) is 40.2 Å². The lowest BCUT2D eigenvalue weighted by atomic mass is 9.87. The molecule has 1 saturated heterocycles. The van der Waals surface area contributed by atoms with Crippen molar-refractivity contribution in [1.82, 2.24) is 9.55 Å². The number of unbranched alkanes of at least 4 members (excludes halogenated alkanes) is 2. The minimum Gasteiger partial charge on any atom is -0.462 e. The Balaban J connectivity index is 2.05. The molecule has 0 spiro atoms. The Labute approximate surface area is 181 Å². The molecule has 3 atom stereocenters. The summed E-state index contributed by atoms with van der Waals surface area (Å²) < 4.78 is 17.9. The first-order valence-electron chi connectivity index (χ1n) is 10.6. The van der Waals surface area contributed by atoms with Gasteiger partial charge < -0.3 is 19.9 Å². The van der Waals surface area contributed by atoms with Crippen LogP contribution in [0.5, 0.6) is 0 Å². The van der Waals surface area contributed by atoms with Crippen LogP contribution in [0.25, 0.3) is 0 Å². The molecule has 1 aromatic heterocycles. The zero-order valence-corrected chi connectivity index (χ0v) is 18.6. The molecule has 0 saturated carbocycles. The number of esters is 2. The zero-order chi connectivity index (χ0) is 23.2. The van der Waals surface area contributed by atoms with Gasteiger partial charge >= 0.3 is 17.6 Å². The fourth-order valence-corrected chi connectivity index (χ4v) is 3.50. The van der Waals surface area contributed by atoms with Crippen LogP contribution in [0.3, 0.4) is 0 Å². The molecular weight excluding hydrogens is 406 g/mol. The number of H-pyrrole nitrogens is 1. The van der Waals surface area contributed by atoms with Crippen molar-refractivity contribution in [3.8, 4) is 0 Å². The number of hydrogen-bond acceptors (Lipinski definition) is 8. The predicted octanol–water partition coefficient (Wildman–Crippen LogP) is 1.15. The zero-order valence-electron chi connectivity index (χ0n) is 18.6. The normalized spacial score (nSPS) is 21.1. The number of carbonyl (C=O) groups is 2. The van der Waals surface area contributed by atoms with Gasteiger partial charge in [0.1, 0.15) is 25.0 Å². The van der Waals surface area contributed by atoms with E-state index in [2.05, 4.69) is 4.98 Å². The van der Waals surface area contributed by atoms with Crippen molar-refractivity contribution < 1.29 is 23.8 Å². The van der Waals surface area contributed by atoms with Crippen molar-refractivity contribution in [2.45, 2.75) is 78.2 Å². The van der Waals surface area contributed by atoms with Crippen LogP contribution in [0.1, 0.15) is 64.7 Å². The smallest absolute Gasteiger partial charge is 0.330 e. The SMILES string of the molecule is CC(=O)OC1C[C@H](n2cc(C)c(=O)[nH]c2=O)O[C@@H]1COC(=O)C(C)(C)CCCCCN. The first kappa shape index (κ1) is 24.8. The highest BCUT2D eigenvalue weighted by atomic mass is 16.6. The third-order valence-corrected chi connectivity index (χ3v) is 5.39. The van der Waals surface area contributed by atoms with Gasteiger partial charge in [-0.1, -0.05) is 12.8 Å². The Morgan fingerprint density at radius 3 is 2.65 bits per heavy atom. The number of hydrogen-bond donors (Lipinski definition) is 2. The second-order valence-electron chi connectivity index (χ2n) is 8.57. The highest BCUT2D eigenvalue weighted by molar-refractivity contribution is 5.75. The molecule has 0 amide bonds. The summed E-state index contributed by atoms with van der Waals surface area (Å²) in [5, 5.41) is 0. The minimum atomic E-state index is -0.764. The molecule has 10 nitrogen and oxygen atoms in total. The largest absolute Gasteiger partial charge is 0.462 e. The third kappa shape index (κ3) is 6.76. The summed E-state index contributed by atoms with van der Waals surface area (Å²) in [6.07, 6.45) is 2.79. The maximum Gasteiger partial charge on any atom is 0.330 e. The summed E-state index contributed by atoms with van der Waals surface area (Å²) in [6, 6.07) is 0. The average Bonchev–Trinajstić information content (AvgIpc) is 3.07. The number of aryl methyl sites for hydroxylation is 1. The van der Waals surface area contributed by atoms with Gasteiger partial charge in [0.05, 0.1) is 5.41 Å². The van der Waals surface area contributed by atoms with Crippen LogP contribution in [0, 0.1) is 12.3 Å².